The van der Waals surface area contributed by atoms with Gasteiger partial charge in [-0.2, -0.15) is 13.2 Å². The molecule has 0 aliphatic carbocycles. The third kappa shape index (κ3) is 9.43. The van der Waals surface area contributed by atoms with Crippen molar-refractivity contribution in [3.63, 3.8) is 0 Å². The van der Waals surface area contributed by atoms with Crippen LogP contribution in [-0.2, 0) is 17.1 Å². The highest BCUT2D eigenvalue weighted by molar-refractivity contribution is 7.99. The highest BCUT2D eigenvalue weighted by Gasteiger charge is 2.41. The monoisotopic (exact) mass is 674 g/mol. The summed E-state index contributed by atoms with van der Waals surface area (Å²) in [6.45, 7) is 1.92. The smallest absolute Gasteiger partial charge is 0.497 e. The number of benzene rings is 5. The van der Waals surface area contributed by atoms with E-state index in [0.717, 1.165) is 31.2 Å². The number of aryl methyl sites for hydroxylation is 1. The molecule has 0 spiro atoms. The molecular formula is C34H26BF7O2S2. The Morgan fingerprint density at radius 3 is 1.80 bits per heavy atom. The summed E-state index contributed by atoms with van der Waals surface area (Å²) in [5, 5.41) is 0. The normalized spacial score (nSPS) is 12.1. The van der Waals surface area contributed by atoms with Gasteiger partial charge < -0.3 is 22.0 Å². The number of hydrogen-bond donors (Lipinski definition) is 0. The average Bonchev–Trinajstić information content (AvgIpc) is 3.02. The number of ketones is 1. The van der Waals surface area contributed by atoms with Crippen molar-refractivity contribution in [2.45, 2.75) is 37.6 Å². The van der Waals surface area contributed by atoms with Gasteiger partial charge in [-0.15, -0.1) is 0 Å². The number of rotatable bonds is 8. The van der Waals surface area contributed by atoms with E-state index >= 15 is 0 Å². The Morgan fingerprint density at radius 2 is 1.24 bits per heavy atom. The first-order valence-electron chi connectivity index (χ1n) is 13.6. The van der Waals surface area contributed by atoms with Crippen LogP contribution in [0.2, 0.25) is 0 Å². The zero-order valence-corrected chi connectivity index (χ0v) is 26.0. The minimum absolute atomic E-state index is 0.0345. The molecule has 0 heterocycles. The summed E-state index contributed by atoms with van der Waals surface area (Å²) in [5.41, 5.74) is 1.52. The number of methoxy groups -OCH3 is 1. The van der Waals surface area contributed by atoms with Crippen LogP contribution >= 0.6 is 11.8 Å². The second kappa shape index (κ2) is 15.0. The standard InChI is InChI=1S/C34H26F3O2S2.BF4/c1-23-12-15-27(22-30(23)33(38)24-8-4-3-5-9-24)40-26-16-20-29(21-17-26)41(28-18-13-25(39-2)14-19-28)32-11-7-6-10-31(32)34(35,36)37;2-1(3,4)5/h3-22H,1-2H3;/q+1;-1. The maximum Gasteiger partial charge on any atom is 0.673 e. The maximum absolute atomic E-state index is 14.0. The summed E-state index contributed by atoms with van der Waals surface area (Å²) in [6.07, 6.45) is -4.48. The Kier molecular flexibility index (Phi) is 11.3. The van der Waals surface area contributed by atoms with Crippen molar-refractivity contribution in [2.24, 2.45) is 0 Å². The molecule has 0 bridgehead atoms. The summed E-state index contributed by atoms with van der Waals surface area (Å²) in [6, 6.07) is 35.5. The van der Waals surface area contributed by atoms with Crippen molar-refractivity contribution >= 4 is 35.7 Å². The molecule has 5 rings (SSSR count). The van der Waals surface area contributed by atoms with Gasteiger partial charge >= 0.3 is 13.4 Å². The van der Waals surface area contributed by atoms with E-state index in [2.05, 4.69) is 0 Å². The minimum atomic E-state index is -6.00. The van der Waals surface area contributed by atoms with Gasteiger partial charge in [0, 0.05) is 20.9 Å². The molecule has 0 aliphatic heterocycles. The minimum Gasteiger partial charge on any atom is -0.497 e. The van der Waals surface area contributed by atoms with E-state index < -0.39 is 29.9 Å². The number of alkyl halides is 3. The molecule has 1 unspecified atom stereocenters. The maximum atomic E-state index is 14.0. The first kappa shape index (κ1) is 34.7. The molecule has 5 aromatic carbocycles. The van der Waals surface area contributed by atoms with E-state index in [9.17, 15) is 35.2 Å². The molecule has 0 N–H and O–H groups in total. The molecule has 1 atom stereocenters. The fourth-order valence-electron chi connectivity index (χ4n) is 4.41. The van der Waals surface area contributed by atoms with Crippen LogP contribution in [-0.4, -0.2) is 20.1 Å². The summed E-state index contributed by atoms with van der Waals surface area (Å²) in [7, 11) is -5.45. The van der Waals surface area contributed by atoms with Crippen molar-refractivity contribution < 1.29 is 40.0 Å². The fraction of sp³-hybridized carbons (Fsp3) is 0.0882. The van der Waals surface area contributed by atoms with Crippen LogP contribution in [0.25, 0.3) is 0 Å². The molecule has 238 valence electrons. The summed E-state index contributed by atoms with van der Waals surface area (Å²) < 4.78 is 86.4. The van der Waals surface area contributed by atoms with E-state index in [1.54, 1.807) is 43.5 Å². The van der Waals surface area contributed by atoms with E-state index in [4.69, 9.17) is 4.74 Å². The van der Waals surface area contributed by atoms with Crippen LogP contribution in [0.5, 0.6) is 5.75 Å². The molecule has 0 amide bonds. The lowest BCUT2D eigenvalue weighted by Crippen LogP contribution is -2.14. The molecule has 0 saturated heterocycles. The van der Waals surface area contributed by atoms with E-state index in [0.29, 0.717) is 16.9 Å². The van der Waals surface area contributed by atoms with E-state index in [-0.39, 0.29) is 10.7 Å². The Morgan fingerprint density at radius 1 is 0.717 bits per heavy atom. The third-order valence-electron chi connectivity index (χ3n) is 6.49. The first-order valence-corrected chi connectivity index (χ1v) is 15.7. The van der Waals surface area contributed by atoms with Crippen molar-refractivity contribution in [1.29, 1.82) is 0 Å². The lowest BCUT2D eigenvalue weighted by Gasteiger charge is -2.14. The molecule has 2 nitrogen and oxygen atoms in total. The van der Waals surface area contributed by atoms with Gasteiger partial charge in [-0.25, -0.2) is 0 Å². The van der Waals surface area contributed by atoms with Crippen molar-refractivity contribution in [3.05, 3.63) is 144 Å². The molecule has 0 saturated carbocycles. The predicted octanol–water partition coefficient (Wildman–Crippen LogP) is 10.8. The predicted molar refractivity (Wildman–Crippen MR) is 168 cm³/mol. The molecule has 46 heavy (non-hydrogen) atoms. The second-order valence-corrected chi connectivity index (χ2v) is 12.9. The van der Waals surface area contributed by atoms with Gasteiger partial charge in [0.1, 0.15) is 11.3 Å². The molecule has 0 aliphatic rings. The zero-order chi connectivity index (χ0) is 33.5. The van der Waals surface area contributed by atoms with Gasteiger partial charge in [0.25, 0.3) is 0 Å². The molecule has 0 aromatic heterocycles. The van der Waals surface area contributed by atoms with Crippen LogP contribution < -0.4 is 4.74 Å². The number of carbonyl (C=O) groups is 1. The van der Waals surface area contributed by atoms with E-state index in [1.165, 1.54) is 17.8 Å². The zero-order valence-electron chi connectivity index (χ0n) is 24.4. The van der Waals surface area contributed by atoms with E-state index in [1.807, 2.05) is 79.7 Å². The lowest BCUT2D eigenvalue weighted by molar-refractivity contribution is -0.139. The largest absolute Gasteiger partial charge is 0.673 e. The van der Waals surface area contributed by atoms with Gasteiger partial charge in [0.05, 0.1) is 18.0 Å². The Hall–Kier alpha value is -4.16. The van der Waals surface area contributed by atoms with Crippen LogP contribution in [0.15, 0.2) is 146 Å². The number of hydrogen-bond acceptors (Lipinski definition) is 3. The molecular weight excluding hydrogens is 648 g/mol. The second-order valence-electron chi connectivity index (χ2n) is 9.72. The molecule has 12 heteroatoms. The Labute approximate surface area is 269 Å². The van der Waals surface area contributed by atoms with Gasteiger partial charge in [-0.3, -0.25) is 4.79 Å². The third-order valence-corrected chi connectivity index (χ3v) is 9.77. The highest BCUT2D eigenvalue weighted by Crippen LogP contribution is 2.41. The number of ether oxygens (including phenoxy) is 1. The van der Waals surface area contributed by atoms with Crippen molar-refractivity contribution in [2.75, 3.05) is 7.11 Å². The number of carbonyl (C=O) groups excluding carboxylic acids is 1. The summed E-state index contributed by atoms with van der Waals surface area (Å²) in [5.74, 6) is 0.601. The Balaban J connectivity index is 0.000000892. The van der Waals surface area contributed by atoms with Crippen LogP contribution in [0, 0.1) is 6.92 Å². The van der Waals surface area contributed by atoms with Crippen LogP contribution in [0.4, 0.5) is 30.4 Å². The summed E-state index contributed by atoms with van der Waals surface area (Å²) in [4.78, 5) is 16.7. The average molecular weight is 675 g/mol. The fourth-order valence-corrected chi connectivity index (χ4v) is 7.49. The van der Waals surface area contributed by atoms with Gasteiger partial charge in [-0.1, -0.05) is 60.3 Å². The first-order chi connectivity index (χ1) is 21.7. The van der Waals surface area contributed by atoms with Gasteiger partial charge in [0.15, 0.2) is 20.5 Å². The lowest BCUT2D eigenvalue weighted by atomic mass is 9.99. The summed E-state index contributed by atoms with van der Waals surface area (Å²) >= 11 is 1.50. The topological polar surface area (TPSA) is 26.3 Å². The quantitative estimate of drug-likeness (QED) is 0.0709. The molecule has 5 aromatic rings. The van der Waals surface area contributed by atoms with Crippen molar-refractivity contribution in [3.8, 4) is 5.75 Å². The number of halogens is 7. The van der Waals surface area contributed by atoms with Gasteiger partial charge in [-0.05, 0) is 85.3 Å². The highest BCUT2D eigenvalue weighted by atomic mass is 32.2. The SMILES string of the molecule is COc1ccc([S+](c2ccc(Sc3ccc(C)c(C(=O)c4ccccc4)c3)cc2)c2ccccc2C(F)(F)F)cc1.F[B-](F)(F)F. The van der Waals surface area contributed by atoms with Gasteiger partial charge in [0.2, 0.25) is 0 Å². The molecule has 0 radical (unpaired) electrons. The molecule has 0 fully saturated rings. The Bertz CT molecular complexity index is 1750. The van der Waals surface area contributed by atoms with Crippen molar-refractivity contribution in [1.82, 2.24) is 0 Å². The van der Waals surface area contributed by atoms with Crippen LogP contribution in [0.3, 0.4) is 0 Å². The van der Waals surface area contributed by atoms with Crippen LogP contribution in [0.1, 0.15) is 27.0 Å².